The van der Waals surface area contributed by atoms with Crippen LogP contribution in [0.25, 0.3) is 0 Å². The van der Waals surface area contributed by atoms with Crippen LogP contribution in [-0.2, 0) is 0 Å². The summed E-state index contributed by atoms with van der Waals surface area (Å²) < 4.78 is 0. The number of para-hydroxylation sites is 2. The fourth-order valence-electron chi connectivity index (χ4n) is 1.30. The zero-order valence-electron chi connectivity index (χ0n) is 11.3. The van der Waals surface area contributed by atoms with Crippen LogP contribution >= 0.6 is 24.8 Å². The molecule has 0 aliphatic rings. The number of halogens is 2. The third kappa shape index (κ3) is 6.83. The quantitative estimate of drug-likeness (QED) is 0.619. The summed E-state index contributed by atoms with van der Waals surface area (Å²) in [7, 11) is 0. The van der Waals surface area contributed by atoms with E-state index in [4.69, 9.17) is 21.7 Å². The van der Waals surface area contributed by atoms with Crippen molar-refractivity contribution in [2.45, 2.75) is 0 Å². The first-order chi connectivity index (χ1) is 9.41. The molecular weight excluding hydrogens is 331 g/mol. The molecule has 22 heavy (non-hydrogen) atoms. The van der Waals surface area contributed by atoms with E-state index in [9.17, 15) is 9.59 Å². The Bertz CT molecular complexity index is 585. The van der Waals surface area contributed by atoms with E-state index in [1.165, 1.54) is 18.2 Å². The first kappa shape index (κ1) is 21.9. The lowest BCUT2D eigenvalue weighted by atomic mass is 10.1. The highest BCUT2D eigenvalue weighted by atomic mass is 35.5. The minimum Gasteiger partial charge on any atom is -0.478 e. The van der Waals surface area contributed by atoms with Gasteiger partial charge in [-0.2, -0.15) is 0 Å². The van der Waals surface area contributed by atoms with Crippen molar-refractivity contribution in [2.75, 3.05) is 11.5 Å². The molecule has 0 aliphatic carbocycles. The molecule has 0 bridgehead atoms. The third-order valence-corrected chi connectivity index (χ3v) is 2.35. The van der Waals surface area contributed by atoms with Crippen molar-refractivity contribution in [3.63, 3.8) is 0 Å². The fourth-order valence-corrected chi connectivity index (χ4v) is 1.30. The molecule has 0 fully saturated rings. The molecule has 0 aliphatic heterocycles. The van der Waals surface area contributed by atoms with Gasteiger partial charge in [0.15, 0.2) is 0 Å². The van der Waals surface area contributed by atoms with Gasteiger partial charge in [-0.25, -0.2) is 9.59 Å². The molecule has 0 unspecified atom stereocenters. The van der Waals surface area contributed by atoms with E-state index in [-0.39, 0.29) is 35.9 Å². The number of carboxylic acid groups (broad SMARTS) is 2. The highest BCUT2D eigenvalue weighted by Crippen LogP contribution is 2.10. The number of benzene rings is 2. The van der Waals surface area contributed by atoms with Crippen LogP contribution in [0.5, 0.6) is 0 Å². The van der Waals surface area contributed by atoms with E-state index >= 15 is 0 Å². The monoisotopic (exact) mass is 346 g/mol. The number of nitrogens with two attached hydrogens (primary N) is 2. The molecule has 0 saturated heterocycles. The largest absolute Gasteiger partial charge is 0.478 e. The number of carbonyl (C=O) groups is 2. The maximum absolute atomic E-state index is 10.4. The molecule has 0 heterocycles. The predicted octanol–water partition coefficient (Wildman–Crippen LogP) is 2.78. The van der Waals surface area contributed by atoms with Crippen LogP contribution in [0.15, 0.2) is 48.5 Å². The molecule has 6 N–H and O–H groups in total. The number of aromatic carboxylic acids is 2. The number of rotatable bonds is 2. The summed E-state index contributed by atoms with van der Waals surface area (Å²) in [5, 5.41) is 17.0. The summed E-state index contributed by atoms with van der Waals surface area (Å²) in [6.45, 7) is 0. The number of nitrogen functional groups attached to an aromatic ring is 2. The zero-order chi connectivity index (χ0) is 15.1. The lowest BCUT2D eigenvalue weighted by molar-refractivity contribution is 0.0696. The second-order valence-electron chi connectivity index (χ2n) is 3.82. The van der Waals surface area contributed by atoms with Crippen molar-refractivity contribution in [3.8, 4) is 0 Å². The van der Waals surface area contributed by atoms with Gasteiger partial charge in [0.05, 0.1) is 22.5 Å². The highest BCUT2D eigenvalue weighted by Gasteiger charge is 2.06. The molecular formula is C14H16Cl2N2O4. The summed E-state index contributed by atoms with van der Waals surface area (Å²) in [4.78, 5) is 20.8. The maximum Gasteiger partial charge on any atom is 0.335 e. The Balaban J connectivity index is 0. The Labute approximate surface area is 139 Å². The molecule has 8 heteroatoms. The van der Waals surface area contributed by atoms with E-state index in [2.05, 4.69) is 0 Å². The van der Waals surface area contributed by atoms with E-state index in [0.717, 1.165) is 6.07 Å². The van der Waals surface area contributed by atoms with Crippen molar-refractivity contribution in [3.05, 3.63) is 59.7 Å². The van der Waals surface area contributed by atoms with Crippen LogP contribution in [0, 0.1) is 0 Å². The molecule has 120 valence electrons. The molecule has 0 atom stereocenters. The zero-order valence-corrected chi connectivity index (χ0v) is 12.9. The van der Waals surface area contributed by atoms with Crippen LogP contribution in [0.2, 0.25) is 0 Å². The number of hydrogen-bond acceptors (Lipinski definition) is 4. The Morgan fingerprint density at radius 2 is 1.09 bits per heavy atom. The predicted molar refractivity (Wildman–Crippen MR) is 90.1 cm³/mol. The van der Waals surface area contributed by atoms with Crippen molar-refractivity contribution < 1.29 is 19.8 Å². The van der Waals surface area contributed by atoms with Crippen molar-refractivity contribution in [1.29, 1.82) is 0 Å². The van der Waals surface area contributed by atoms with Gasteiger partial charge in [-0.15, -0.1) is 24.8 Å². The van der Waals surface area contributed by atoms with Gasteiger partial charge in [-0.3, -0.25) is 0 Å². The van der Waals surface area contributed by atoms with Crippen LogP contribution < -0.4 is 11.5 Å². The molecule has 0 saturated carbocycles. The van der Waals surface area contributed by atoms with Crippen LogP contribution in [-0.4, -0.2) is 22.2 Å². The number of anilines is 2. The minimum absolute atomic E-state index is 0. The summed E-state index contributed by atoms with van der Waals surface area (Å²) in [6.07, 6.45) is 0. The first-order valence-corrected chi connectivity index (χ1v) is 5.58. The Morgan fingerprint density at radius 3 is 1.36 bits per heavy atom. The van der Waals surface area contributed by atoms with Crippen LogP contribution in [0.4, 0.5) is 11.4 Å². The van der Waals surface area contributed by atoms with Gasteiger partial charge in [0.1, 0.15) is 0 Å². The van der Waals surface area contributed by atoms with Crippen molar-refractivity contribution in [2.24, 2.45) is 0 Å². The van der Waals surface area contributed by atoms with Crippen molar-refractivity contribution >= 4 is 48.1 Å². The van der Waals surface area contributed by atoms with E-state index in [1.807, 2.05) is 12.1 Å². The molecule has 2 aromatic rings. The van der Waals surface area contributed by atoms with E-state index in [0.29, 0.717) is 11.4 Å². The minimum atomic E-state index is -1.13. The Morgan fingerprint density at radius 1 is 0.727 bits per heavy atom. The van der Waals surface area contributed by atoms with Crippen LogP contribution in [0.1, 0.15) is 20.7 Å². The third-order valence-electron chi connectivity index (χ3n) is 2.35. The van der Waals surface area contributed by atoms with Gasteiger partial charge in [0.25, 0.3) is 0 Å². The molecule has 0 spiro atoms. The second-order valence-corrected chi connectivity index (χ2v) is 3.82. The average molecular weight is 347 g/mol. The lowest BCUT2D eigenvalue weighted by Crippen LogP contribution is -2.01. The molecule has 6 nitrogen and oxygen atoms in total. The SMILES string of the molecule is Cl.Cl.Nc1ccccc1N.O=C(O)c1cccc(C(=O)O)c1. The average Bonchev–Trinajstić information content (AvgIpc) is 2.43. The normalized spacial score (nSPS) is 8.36. The van der Waals surface area contributed by atoms with Gasteiger partial charge >= 0.3 is 11.9 Å². The van der Waals surface area contributed by atoms with Gasteiger partial charge in [-0.05, 0) is 30.3 Å². The van der Waals surface area contributed by atoms with Gasteiger partial charge < -0.3 is 21.7 Å². The van der Waals surface area contributed by atoms with Gasteiger partial charge in [0.2, 0.25) is 0 Å². The fraction of sp³-hybridized carbons (Fsp3) is 0. The van der Waals surface area contributed by atoms with E-state index in [1.54, 1.807) is 12.1 Å². The lowest BCUT2D eigenvalue weighted by Gasteiger charge is -1.95. The Hall–Kier alpha value is -2.44. The number of carboxylic acids is 2. The second kappa shape index (κ2) is 10.3. The van der Waals surface area contributed by atoms with E-state index < -0.39 is 11.9 Å². The van der Waals surface area contributed by atoms with Crippen molar-refractivity contribution in [1.82, 2.24) is 0 Å². The summed E-state index contributed by atoms with van der Waals surface area (Å²) in [6, 6.07) is 12.4. The Kier molecular flexibility index (Phi) is 10.2. The molecule has 0 aromatic heterocycles. The molecule has 2 rings (SSSR count). The summed E-state index contributed by atoms with van der Waals surface area (Å²) in [5.41, 5.74) is 12.0. The van der Waals surface area contributed by atoms with Crippen LogP contribution in [0.3, 0.4) is 0 Å². The summed E-state index contributed by atoms with van der Waals surface area (Å²) >= 11 is 0. The maximum atomic E-state index is 10.4. The molecule has 0 amide bonds. The first-order valence-electron chi connectivity index (χ1n) is 5.58. The van der Waals surface area contributed by atoms with Gasteiger partial charge in [-0.1, -0.05) is 18.2 Å². The smallest absolute Gasteiger partial charge is 0.335 e. The van der Waals surface area contributed by atoms with Gasteiger partial charge in [0, 0.05) is 0 Å². The molecule has 0 radical (unpaired) electrons. The molecule has 2 aromatic carbocycles. The summed E-state index contributed by atoms with van der Waals surface area (Å²) in [5.74, 6) is -2.25. The standard InChI is InChI=1S/C8H6O4.C6H8N2.2ClH/c9-7(10)5-2-1-3-6(4-5)8(11)12;7-5-3-1-2-4-6(5)8;;/h1-4H,(H,9,10)(H,11,12);1-4H,7-8H2;2*1H. The highest BCUT2D eigenvalue weighted by molar-refractivity contribution is 5.93. The topological polar surface area (TPSA) is 127 Å². The number of hydrogen-bond donors (Lipinski definition) is 4.